The summed E-state index contributed by atoms with van der Waals surface area (Å²) >= 11 is 1.09. The number of hydrogen-bond acceptors (Lipinski definition) is 10. The summed E-state index contributed by atoms with van der Waals surface area (Å²) < 4.78 is 61.3. The lowest BCUT2D eigenvalue weighted by Crippen LogP contribution is -2.37. The molecule has 3 aromatic carbocycles. The quantitative estimate of drug-likeness (QED) is 0.443. The third kappa shape index (κ3) is 4.23. The molecule has 1 N–H and O–H groups in total. The molecule has 3 aliphatic rings. The van der Waals surface area contributed by atoms with Crippen molar-refractivity contribution in [3.05, 3.63) is 65.4 Å². The zero-order valence-electron chi connectivity index (χ0n) is 20.6. The number of nitrogens with zero attached hydrogens (tertiary/aromatic N) is 1. The van der Waals surface area contributed by atoms with Crippen LogP contribution >= 0.6 is 11.8 Å². The summed E-state index contributed by atoms with van der Waals surface area (Å²) in [6.07, 6.45) is 0. The van der Waals surface area contributed by atoms with E-state index >= 15 is 0 Å². The van der Waals surface area contributed by atoms with Crippen molar-refractivity contribution in [3.8, 4) is 34.5 Å². The highest BCUT2D eigenvalue weighted by Crippen LogP contribution is 2.50. The maximum atomic E-state index is 14.0. The van der Waals surface area contributed by atoms with Crippen molar-refractivity contribution in [2.75, 3.05) is 27.8 Å². The number of aliphatic carboxylic acids is 1. The Balaban J connectivity index is 1.54. The molecular formula is C26H21NO10S2. The molecule has 0 bridgehead atoms. The Hall–Kier alpha value is -4.23. The second-order valence-electron chi connectivity index (χ2n) is 8.50. The van der Waals surface area contributed by atoms with Gasteiger partial charge in [0.05, 0.1) is 30.6 Å². The number of benzene rings is 3. The SMILES string of the molecule is COc1cc2c(cc1OC)S(=O)(=O)N(Cc1ccc3c(c1)OCO3)C(C(=O)O)=C2Sc1ccc2c(c1)OCO2. The lowest BCUT2D eigenvalue weighted by Gasteiger charge is -2.32. The largest absolute Gasteiger partial charge is 0.493 e. The van der Waals surface area contributed by atoms with Gasteiger partial charge in [0, 0.05) is 16.5 Å². The fourth-order valence-corrected chi connectivity index (χ4v) is 7.36. The first kappa shape index (κ1) is 25.1. The third-order valence-corrected chi connectivity index (χ3v) is 9.19. The molecule has 0 saturated carbocycles. The predicted molar refractivity (Wildman–Crippen MR) is 138 cm³/mol. The summed E-state index contributed by atoms with van der Waals surface area (Å²) in [6, 6.07) is 12.9. The van der Waals surface area contributed by atoms with E-state index in [9.17, 15) is 18.3 Å². The van der Waals surface area contributed by atoms with Crippen LogP contribution in [0.5, 0.6) is 34.5 Å². The van der Waals surface area contributed by atoms with E-state index in [0.29, 0.717) is 33.5 Å². The molecule has 0 aliphatic carbocycles. The molecule has 202 valence electrons. The number of rotatable bonds is 7. The van der Waals surface area contributed by atoms with Crippen molar-refractivity contribution in [1.29, 1.82) is 0 Å². The minimum absolute atomic E-state index is 0.0480. The van der Waals surface area contributed by atoms with Gasteiger partial charge in [-0.25, -0.2) is 13.2 Å². The fourth-order valence-electron chi connectivity index (χ4n) is 4.47. The molecule has 0 aromatic heterocycles. The van der Waals surface area contributed by atoms with Crippen LogP contribution < -0.4 is 28.4 Å². The molecule has 0 saturated heterocycles. The van der Waals surface area contributed by atoms with E-state index in [4.69, 9.17) is 28.4 Å². The molecule has 0 radical (unpaired) electrons. The minimum Gasteiger partial charge on any atom is -0.493 e. The van der Waals surface area contributed by atoms with Crippen LogP contribution in [0.4, 0.5) is 0 Å². The van der Waals surface area contributed by atoms with Gasteiger partial charge in [-0.1, -0.05) is 17.8 Å². The van der Waals surface area contributed by atoms with Crippen LogP contribution in [-0.2, 0) is 21.4 Å². The van der Waals surface area contributed by atoms with Gasteiger partial charge < -0.3 is 33.5 Å². The monoisotopic (exact) mass is 571 g/mol. The van der Waals surface area contributed by atoms with Gasteiger partial charge >= 0.3 is 5.97 Å². The lowest BCUT2D eigenvalue weighted by molar-refractivity contribution is -0.133. The Morgan fingerprint density at radius 3 is 2.18 bits per heavy atom. The van der Waals surface area contributed by atoms with Crippen molar-refractivity contribution in [2.24, 2.45) is 0 Å². The molecule has 0 fully saturated rings. The number of methoxy groups -OCH3 is 2. The second-order valence-corrected chi connectivity index (χ2v) is 11.4. The molecule has 6 rings (SSSR count). The van der Waals surface area contributed by atoms with Crippen molar-refractivity contribution < 1.29 is 46.7 Å². The van der Waals surface area contributed by atoms with Gasteiger partial charge in [0.1, 0.15) is 0 Å². The predicted octanol–water partition coefficient (Wildman–Crippen LogP) is 3.91. The number of thioether (sulfide) groups is 1. The van der Waals surface area contributed by atoms with E-state index < -0.39 is 21.7 Å². The van der Waals surface area contributed by atoms with E-state index in [0.717, 1.165) is 16.1 Å². The van der Waals surface area contributed by atoms with Crippen molar-refractivity contribution in [1.82, 2.24) is 4.31 Å². The molecule has 0 spiro atoms. The Morgan fingerprint density at radius 1 is 0.897 bits per heavy atom. The number of carboxylic acids is 1. The number of ether oxygens (including phenoxy) is 6. The van der Waals surface area contributed by atoms with Crippen LogP contribution in [-0.4, -0.2) is 51.6 Å². The van der Waals surface area contributed by atoms with Crippen LogP contribution in [0.15, 0.2) is 64.0 Å². The second kappa shape index (κ2) is 9.50. The number of fused-ring (bicyclic) bond motifs is 3. The van der Waals surface area contributed by atoms with Gasteiger partial charge in [-0.05, 0) is 42.0 Å². The normalized spacial score (nSPS) is 16.2. The van der Waals surface area contributed by atoms with E-state index in [1.54, 1.807) is 36.4 Å². The highest BCUT2D eigenvalue weighted by Gasteiger charge is 2.41. The van der Waals surface area contributed by atoms with Crippen LogP contribution in [0, 0.1) is 0 Å². The van der Waals surface area contributed by atoms with Crippen LogP contribution in [0.1, 0.15) is 11.1 Å². The molecule has 3 aromatic rings. The molecular weight excluding hydrogens is 550 g/mol. The maximum absolute atomic E-state index is 14.0. The Bertz CT molecular complexity index is 1650. The third-order valence-electron chi connectivity index (χ3n) is 6.29. The average molecular weight is 572 g/mol. The van der Waals surface area contributed by atoms with Gasteiger partial charge in [-0.3, -0.25) is 4.31 Å². The van der Waals surface area contributed by atoms with Gasteiger partial charge in [0.25, 0.3) is 10.0 Å². The Morgan fingerprint density at radius 2 is 1.51 bits per heavy atom. The van der Waals surface area contributed by atoms with Crippen molar-refractivity contribution in [2.45, 2.75) is 16.3 Å². The van der Waals surface area contributed by atoms with E-state index in [2.05, 4.69) is 0 Å². The fraction of sp³-hybridized carbons (Fsp3) is 0.192. The smallest absolute Gasteiger partial charge is 0.354 e. The number of sulfonamides is 1. The number of carboxylic acid groups (broad SMARTS) is 1. The topological polar surface area (TPSA) is 130 Å². The van der Waals surface area contributed by atoms with Gasteiger partial charge in [-0.15, -0.1) is 0 Å². The summed E-state index contributed by atoms with van der Waals surface area (Å²) in [6.45, 7) is -0.139. The van der Waals surface area contributed by atoms with Gasteiger partial charge in [0.15, 0.2) is 40.2 Å². The van der Waals surface area contributed by atoms with E-state index in [1.807, 2.05) is 0 Å². The lowest BCUT2D eigenvalue weighted by atomic mass is 10.1. The van der Waals surface area contributed by atoms with Crippen LogP contribution in [0.25, 0.3) is 4.91 Å². The minimum atomic E-state index is -4.35. The molecule has 13 heteroatoms. The van der Waals surface area contributed by atoms with Crippen LogP contribution in [0.2, 0.25) is 0 Å². The summed E-state index contributed by atoms with van der Waals surface area (Å²) in [7, 11) is -1.54. The number of hydrogen-bond donors (Lipinski definition) is 1. The average Bonchev–Trinajstić information content (AvgIpc) is 3.59. The zero-order valence-corrected chi connectivity index (χ0v) is 22.3. The Kier molecular flexibility index (Phi) is 6.11. The molecule has 0 atom stereocenters. The first-order valence-electron chi connectivity index (χ1n) is 11.5. The molecule has 0 unspecified atom stereocenters. The summed E-state index contributed by atoms with van der Waals surface area (Å²) in [5.74, 6) is 1.07. The summed E-state index contributed by atoms with van der Waals surface area (Å²) in [4.78, 5) is 13.5. The Labute approximate surface area is 227 Å². The van der Waals surface area contributed by atoms with E-state index in [-0.39, 0.29) is 47.0 Å². The summed E-state index contributed by atoms with van der Waals surface area (Å²) in [5.41, 5.74) is 0.280. The molecule has 0 amide bonds. The standard InChI is InChI=1S/C26H21NO10S2/c1-32-19-9-16-23(10-20(19)33-2)39(30,31)27(11-14-3-5-17-21(7-14)36-12-34-17)24(26(28)29)25(16)38-15-4-6-18-22(8-15)37-13-35-18/h3-10H,11-13H2,1-2H3,(H,28,29). The highest BCUT2D eigenvalue weighted by molar-refractivity contribution is 8.08. The number of carbonyl (C=O) groups is 1. The first-order chi connectivity index (χ1) is 18.8. The molecule has 39 heavy (non-hydrogen) atoms. The maximum Gasteiger partial charge on any atom is 0.354 e. The first-order valence-corrected chi connectivity index (χ1v) is 13.8. The van der Waals surface area contributed by atoms with Gasteiger partial charge in [-0.2, -0.15) is 0 Å². The zero-order chi connectivity index (χ0) is 27.3. The van der Waals surface area contributed by atoms with Crippen LogP contribution in [0.3, 0.4) is 0 Å². The van der Waals surface area contributed by atoms with Gasteiger partial charge in [0.2, 0.25) is 13.6 Å². The molecule has 3 aliphatic heterocycles. The van der Waals surface area contributed by atoms with Crippen molar-refractivity contribution in [3.63, 3.8) is 0 Å². The molecule has 3 heterocycles. The summed E-state index contributed by atoms with van der Waals surface area (Å²) in [5, 5.41) is 10.4. The highest BCUT2D eigenvalue weighted by atomic mass is 32.2. The van der Waals surface area contributed by atoms with Crippen molar-refractivity contribution >= 4 is 32.7 Å². The molecule has 11 nitrogen and oxygen atoms in total. The van der Waals surface area contributed by atoms with E-state index in [1.165, 1.54) is 26.4 Å².